The normalized spacial score (nSPS) is 15.4. The van der Waals surface area contributed by atoms with Crippen LogP contribution in [-0.4, -0.2) is 67.1 Å². The van der Waals surface area contributed by atoms with Gasteiger partial charge in [-0.25, -0.2) is 0 Å². The highest BCUT2D eigenvalue weighted by atomic mass is 16.5. The first-order valence-electron chi connectivity index (χ1n) is 10.2. The molecule has 30 heavy (non-hydrogen) atoms. The second kappa shape index (κ2) is 10.8. The zero-order valence-electron chi connectivity index (χ0n) is 17.3. The van der Waals surface area contributed by atoms with Crippen LogP contribution in [-0.2, 0) is 16.1 Å². The van der Waals surface area contributed by atoms with Crippen LogP contribution in [0.2, 0.25) is 0 Å². The van der Waals surface area contributed by atoms with Gasteiger partial charge in [-0.05, 0) is 36.8 Å². The van der Waals surface area contributed by atoms with Gasteiger partial charge in [0.1, 0.15) is 5.75 Å². The zero-order valence-corrected chi connectivity index (χ0v) is 17.3. The second-order valence-corrected chi connectivity index (χ2v) is 7.45. The summed E-state index contributed by atoms with van der Waals surface area (Å²) in [5, 5.41) is 0. The van der Waals surface area contributed by atoms with E-state index in [0.29, 0.717) is 17.9 Å². The Labute approximate surface area is 177 Å². The van der Waals surface area contributed by atoms with Gasteiger partial charge in [-0.2, -0.15) is 0 Å². The molecule has 0 saturated carbocycles. The van der Waals surface area contributed by atoms with E-state index in [1.165, 1.54) is 0 Å². The molecular weight excluding hydrogens is 382 g/mol. The van der Waals surface area contributed by atoms with Crippen LogP contribution >= 0.6 is 0 Å². The maximum Gasteiger partial charge on any atom is 0.261 e. The monoisotopic (exact) mass is 411 g/mol. The van der Waals surface area contributed by atoms with Gasteiger partial charge in [-0.1, -0.05) is 30.3 Å². The molecule has 0 aliphatic carbocycles. The van der Waals surface area contributed by atoms with Gasteiger partial charge in [-0.15, -0.1) is 0 Å². The Bertz CT molecular complexity index is 820. The van der Waals surface area contributed by atoms with Crippen molar-refractivity contribution in [2.24, 2.45) is 5.73 Å². The van der Waals surface area contributed by atoms with Gasteiger partial charge in [-0.3, -0.25) is 14.5 Å². The lowest BCUT2D eigenvalue weighted by Gasteiger charge is -2.35. The maximum atomic E-state index is 13.1. The van der Waals surface area contributed by atoms with Crippen LogP contribution in [0.3, 0.4) is 0 Å². The van der Waals surface area contributed by atoms with E-state index in [4.69, 9.17) is 15.2 Å². The van der Waals surface area contributed by atoms with Gasteiger partial charge in [0.05, 0.1) is 13.2 Å². The third kappa shape index (κ3) is 6.30. The summed E-state index contributed by atoms with van der Waals surface area (Å²) in [6, 6.07) is 16.4. The summed E-state index contributed by atoms with van der Waals surface area (Å²) in [5.74, 6) is -0.0592. The smallest absolute Gasteiger partial charge is 0.261 e. The van der Waals surface area contributed by atoms with E-state index < -0.39 is 5.91 Å². The van der Waals surface area contributed by atoms with E-state index in [9.17, 15) is 9.59 Å². The minimum absolute atomic E-state index is 0.0247. The molecule has 1 aliphatic heterocycles. The lowest BCUT2D eigenvalue weighted by molar-refractivity contribution is -0.136. The average Bonchev–Trinajstić information content (AvgIpc) is 2.77. The minimum atomic E-state index is -0.497. The van der Waals surface area contributed by atoms with E-state index in [2.05, 4.69) is 11.8 Å². The van der Waals surface area contributed by atoms with E-state index >= 15 is 0 Å². The molecule has 1 atom stereocenters. The van der Waals surface area contributed by atoms with Crippen molar-refractivity contribution in [3.05, 3.63) is 65.7 Å². The molecule has 0 radical (unpaired) electrons. The van der Waals surface area contributed by atoms with Crippen molar-refractivity contribution in [2.75, 3.05) is 39.5 Å². The Kier molecular flexibility index (Phi) is 7.82. The fourth-order valence-electron chi connectivity index (χ4n) is 3.47. The van der Waals surface area contributed by atoms with Crippen LogP contribution in [0.15, 0.2) is 54.6 Å². The number of hydrogen-bond acceptors (Lipinski definition) is 5. The Morgan fingerprint density at radius 1 is 1.10 bits per heavy atom. The van der Waals surface area contributed by atoms with Gasteiger partial charge in [0.25, 0.3) is 5.91 Å². The fourth-order valence-corrected chi connectivity index (χ4v) is 3.47. The van der Waals surface area contributed by atoms with Crippen LogP contribution in [0, 0.1) is 0 Å². The van der Waals surface area contributed by atoms with Gasteiger partial charge in [0.2, 0.25) is 5.91 Å². The van der Waals surface area contributed by atoms with Gasteiger partial charge >= 0.3 is 0 Å². The van der Waals surface area contributed by atoms with Gasteiger partial charge < -0.3 is 20.1 Å². The number of carbonyl (C=O) groups is 2. The van der Waals surface area contributed by atoms with Crippen molar-refractivity contribution in [2.45, 2.75) is 19.5 Å². The van der Waals surface area contributed by atoms with Crippen LogP contribution in [0.1, 0.15) is 22.8 Å². The predicted octanol–water partition coefficient (Wildman–Crippen LogP) is 1.91. The van der Waals surface area contributed by atoms with Crippen molar-refractivity contribution in [3.8, 4) is 5.75 Å². The SMILES string of the molecule is CC(CN1CCOCC1)N(Cc1ccccc1)C(=O)COc1ccc(C(N)=O)cc1. The topological polar surface area (TPSA) is 85.1 Å². The molecule has 0 spiro atoms. The predicted molar refractivity (Wildman–Crippen MR) is 114 cm³/mol. The molecule has 2 amide bonds. The first kappa shape index (κ1) is 21.8. The van der Waals surface area contributed by atoms with Crippen LogP contribution in [0.25, 0.3) is 0 Å². The van der Waals surface area contributed by atoms with E-state index in [-0.39, 0.29) is 18.6 Å². The lowest BCUT2D eigenvalue weighted by Crippen LogP contribution is -2.49. The number of amides is 2. The number of morpholine rings is 1. The van der Waals surface area contributed by atoms with Crippen molar-refractivity contribution in [1.82, 2.24) is 9.80 Å². The Hall–Kier alpha value is -2.90. The quantitative estimate of drug-likeness (QED) is 0.681. The highest BCUT2D eigenvalue weighted by molar-refractivity contribution is 5.92. The van der Waals surface area contributed by atoms with Gasteiger partial charge in [0, 0.05) is 37.8 Å². The molecule has 0 aromatic heterocycles. The molecule has 1 aliphatic rings. The second-order valence-electron chi connectivity index (χ2n) is 7.45. The summed E-state index contributed by atoms with van der Waals surface area (Å²) in [6.45, 7) is 6.51. The molecule has 1 fully saturated rings. The van der Waals surface area contributed by atoms with Gasteiger partial charge in [0.15, 0.2) is 6.61 Å². The lowest BCUT2D eigenvalue weighted by atomic mass is 10.1. The van der Waals surface area contributed by atoms with E-state index in [1.807, 2.05) is 35.2 Å². The first-order valence-corrected chi connectivity index (χ1v) is 10.2. The Balaban J connectivity index is 1.64. The number of nitrogens with zero attached hydrogens (tertiary/aromatic N) is 2. The van der Waals surface area contributed by atoms with Crippen molar-refractivity contribution in [1.29, 1.82) is 0 Å². The molecule has 2 N–H and O–H groups in total. The molecule has 0 bridgehead atoms. The maximum absolute atomic E-state index is 13.1. The number of hydrogen-bond donors (Lipinski definition) is 1. The molecule has 1 saturated heterocycles. The van der Waals surface area contributed by atoms with E-state index in [1.54, 1.807) is 24.3 Å². The van der Waals surface area contributed by atoms with Crippen LogP contribution < -0.4 is 10.5 Å². The number of nitrogens with two attached hydrogens (primary N) is 1. The van der Waals surface area contributed by atoms with Crippen molar-refractivity contribution < 1.29 is 19.1 Å². The van der Waals surface area contributed by atoms with Crippen molar-refractivity contribution in [3.63, 3.8) is 0 Å². The average molecular weight is 412 g/mol. The fraction of sp³-hybridized carbons (Fsp3) is 0.391. The largest absolute Gasteiger partial charge is 0.484 e. The van der Waals surface area contributed by atoms with Crippen molar-refractivity contribution >= 4 is 11.8 Å². The molecule has 1 heterocycles. The summed E-state index contributed by atoms with van der Waals surface area (Å²) < 4.78 is 11.1. The Morgan fingerprint density at radius 2 is 1.77 bits per heavy atom. The number of primary amides is 1. The number of carbonyl (C=O) groups excluding carboxylic acids is 2. The zero-order chi connectivity index (χ0) is 21.3. The van der Waals surface area contributed by atoms with Crippen LogP contribution in [0.5, 0.6) is 5.75 Å². The third-order valence-electron chi connectivity index (χ3n) is 5.18. The molecule has 7 heteroatoms. The number of rotatable bonds is 9. The number of ether oxygens (including phenoxy) is 2. The molecular formula is C23H29N3O4. The first-order chi connectivity index (χ1) is 14.5. The highest BCUT2D eigenvalue weighted by Gasteiger charge is 2.24. The summed E-state index contributed by atoms with van der Waals surface area (Å²) in [6.07, 6.45) is 0. The molecule has 2 aromatic carbocycles. The summed E-state index contributed by atoms with van der Waals surface area (Å²) in [4.78, 5) is 28.4. The summed E-state index contributed by atoms with van der Waals surface area (Å²) in [7, 11) is 0. The molecule has 3 rings (SSSR count). The standard InChI is InChI=1S/C23H29N3O4/c1-18(15-25-11-13-29-14-12-25)26(16-19-5-3-2-4-6-19)22(27)17-30-21-9-7-20(8-10-21)23(24)28/h2-10,18H,11-17H2,1H3,(H2,24,28). The molecule has 7 nitrogen and oxygen atoms in total. The minimum Gasteiger partial charge on any atom is -0.484 e. The Morgan fingerprint density at radius 3 is 2.40 bits per heavy atom. The summed E-state index contributed by atoms with van der Waals surface area (Å²) in [5.41, 5.74) is 6.73. The highest BCUT2D eigenvalue weighted by Crippen LogP contribution is 2.15. The molecule has 160 valence electrons. The van der Waals surface area contributed by atoms with E-state index in [0.717, 1.165) is 38.4 Å². The molecule has 1 unspecified atom stereocenters. The molecule has 2 aromatic rings. The number of benzene rings is 2. The third-order valence-corrected chi connectivity index (χ3v) is 5.18. The van der Waals surface area contributed by atoms with Crippen LogP contribution in [0.4, 0.5) is 0 Å². The summed E-state index contributed by atoms with van der Waals surface area (Å²) >= 11 is 0.